The Kier molecular flexibility index (Phi) is 22.2. The molecule has 0 aromatic rings. The third-order valence-electron chi connectivity index (χ3n) is 5.11. The fourth-order valence-electron chi connectivity index (χ4n) is 3.30. The van der Waals surface area contributed by atoms with Crippen molar-refractivity contribution in [2.75, 3.05) is 46.3 Å². The average Bonchev–Trinajstić information content (AvgIpc) is 3.22. The molecule has 3 heterocycles. The van der Waals surface area contributed by atoms with Gasteiger partial charge in [0.2, 0.25) is 0 Å². The van der Waals surface area contributed by atoms with Crippen LogP contribution in [-0.4, -0.2) is 51.2 Å². The molecule has 3 fully saturated rings. The van der Waals surface area contributed by atoms with E-state index in [0.29, 0.717) is 5.41 Å². The molecule has 0 saturated carbocycles. The van der Waals surface area contributed by atoms with Crippen LogP contribution in [-0.2, 0) is 0 Å². The summed E-state index contributed by atoms with van der Waals surface area (Å²) in [4.78, 5) is 2.43. The number of nitrogens with zero attached hydrogens (tertiary/aromatic N) is 1. The Morgan fingerprint density at radius 3 is 1.13 bits per heavy atom. The van der Waals surface area contributed by atoms with Gasteiger partial charge in [-0.05, 0) is 108 Å². The van der Waals surface area contributed by atoms with Crippen LogP contribution in [0.4, 0.5) is 0 Å². The summed E-state index contributed by atoms with van der Waals surface area (Å²) in [7, 11) is 2.22. The molecule has 0 bridgehead atoms. The second-order valence-electron chi connectivity index (χ2n) is 11.7. The predicted molar refractivity (Wildman–Crippen MR) is 140 cm³/mol. The Morgan fingerprint density at radius 2 is 0.933 bits per heavy atom. The summed E-state index contributed by atoms with van der Waals surface area (Å²) in [6.45, 7) is 27.7. The molecule has 0 aromatic carbocycles. The number of hydrogen-bond donors (Lipinski definition) is 2. The summed E-state index contributed by atoms with van der Waals surface area (Å²) in [5.41, 5.74) is 0.529. The molecule has 0 aliphatic carbocycles. The molecule has 3 rings (SSSR count). The van der Waals surface area contributed by atoms with Crippen molar-refractivity contribution < 1.29 is 0 Å². The van der Waals surface area contributed by atoms with Crippen molar-refractivity contribution in [3.8, 4) is 0 Å². The highest BCUT2D eigenvalue weighted by Gasteiger charge is 2.27. The molecule has 184 valence electrons. The number of piperidine rings is 2. The quantitative estimate of drug-likeness (QED) is 0.443. The number of nitrogens with one attached hydrogen (secondary N) is 2. The van der Waals surface area contributed by atoms with Gasteiger partial charge in [0.05, 0.1) is 0 Å². The van der Waals surface area contributed by atoms with Gasteiger partial charge < -0.3 is 15.5 Å². The van der Waals surface area contributed by atoms with Crippen molar-refractivity contribution >= 4 is 0 Å². The van der Waals surface area contributed by atoms with Crippen LogP contribution < -0.4 is 10.6 Å². The normalized spacial score (nSPS) is 20.0. The SMILES string of the molecule is C1CCNC1.C1CCNCC1.CC(C)C.CC(C)C.CN1CCC(C(C)(C)C)CC1. The van der Waals surface area contributed by atoms with Crippen LogP contribution in [0.25, 0.3) is 0 Å². The van der Waals surface area contributed by atoms with E-state index >= 15 is 0 Å². The van der Waals surface area contributed by atoms with Crippen molar-refractivity contribution in [2.24, 2.45) is 23.2 Å². The molecule has 0 amide bonds. The van der Waals surface area contributed by atoms with Gasteiger partial charge in [-0.15, -0.1) is 0 Å². The number of hydrogen-bond acceptors (Lipinski definition) is 3. The molecule has 30 heavy (non-hydrogen) atoms. The van der Waals surface area contributed by atoms with Crippen molar-refractivity contribution in [1.82, 2.24) is 15.5 Å². The number of rotatable bonds is 0. The van der Waals surface area contributed by atoms with Gasteiger partial charge in [-0.3, -0.25) is 0 Å². The highest BCUT2D eigenvalue weighted by Crippen LogP contribution is 2.33. The first-order chi connectivity index (χ1) is 14.0. The first kappa shape index (κ1) is 32.1. The maximum Gasteiger partial charge on any atom is -0.00189 e. The second-order valence-corrected chi connectivity index (χ2v) is 11.7. The molecule has 0 aromatic heterocycles. The lowest BCUT2D eigenvalue weighted by molar-refractivity contribution is 0.129. The molecule has 0 atom stereocenters. The molecule has 3 heteroatoms. The van der Waals surface area contributed by atoms with Gasteiger partial charge >= 0.3 is 0 Å². The van der Waals surface area contributed by atoms with Gasteiger partial charge in [-0.2, -0.15) is 0 Å². The van der Waals surface area contributed by atoms with E-state index in [1.807, 2.05) is 0 Å². The molecular formula is C27H61N3. The van der Waals surface area contributed by atoms with Gasteiger partial charge in [-0.25, -0.2) is 0 Å². The van der Waals surface area contributed by atoms with E-state index in [-0.39, 0.29) is 0 Å². The van der Waals surface area contributed by atoms with E-state index < -0.39 is 0 Å². The van der Waals surface area contributed by atoms with Crippen LogP contribution in [0.5, 0.6) is 0 Å². The molecule has 3 saturated heterocycles. The lowest BCUT2D eigenvalue weighted by Gasteiger charge is -2.37. The number of likely N-dealkylation sites (tertiary alicyclic amines) is 1. The summed E-state index contributed by atoms with van der Waals surface area (Å²) in [5.74, 6) is 2.61. The Balaban J connectivity index is 0. The van der Waals surface area contributed by atoms with Crippen LogP contribution in [0, 0.1) is 23.2 Å². The van der Waals surface area contributed by atoms with Crippen molar-refractivity contribution in [3.63, 3.8) is 0 Å². The van der Waals surface area contributed by atoms with E-state index in [0.717, 1.165) is 17.8 Å². The Hall–Kier alpha value is -0.120. The fraction of sp³-hybridized carbons (Fsp3) is 1.00. The van der Waals surface area contributed by atoms with Crippen LogP contribution in [0.3, 0.4) is 0 Å². The zero-order valence-corrected chi connectivity index (χ0v) is 22.9. The monoisotopic (exact) mass is 427 g/mol. The third kappa shape index (κ3) is 27.9. The summed E-state index contributed by atoms with van der Waals surface area (Å²) in [6, 6.07) is 0. The summed E-state index contributed by atoms with van der Waals surface area (Å²) in [6.07, 6.45) is 9.77. The highest BCUT2D eigenvalue weighted by atomic mass is 15.1. The molecule has 3 aliphatic heterocycles. The zero-order valence-electron chi connectivity index (χ0n) is 22.9. The minimum absolute atomic E-state index is 0.529. The second kappa shape index (κ2) is 20.8. The molecule has 0 unspecified atom stereocenters. The van der Waals surface area contributed by atoms with Crippen molar-refractivity contribution in [2.45, 2.75) is 107 Å². The van der Waals surface area contributed by atoms with Gasteiger partial charge in [0.1, 0.15) is 0 Å². The first-order valence-corrected chi connectivity index (χ1v) is 13.1. The van der Waals surface area contributed by atoms with Crippen molar-refractivity contribution in [3.05, 3.63) is 0 Å². The molecule has 0 spiro atoms. The predicted octanol–water partition coefficient (Wildman–Crippen LogP) is 6.83. The first-order valence-electron chi connectivity index (χ1n) is 13.1. The summed E-state index contributed by atoms with van der Waals surface area (Å²) < 4.78 is 0. The minimum Gasteiger partial charge on any atom is -0.317 e. The topological polar surface area (TPSA) is 27.3 Å². The Labute approximate surface area is 192 Å². The lowest BCUT2D eigenvalue weighted by Crippen LogP contribution is -2.35. The highest BCUT2D eigenvalue weighted by molar-refractivity contribution is 4.79. The maximum atomic E-state index is 3.28. The smallest absolute Gasteiger partial charge is 0.00189 e. The largest absolute Gasteiger partial charge is 0.317 e. The van der Waals surface area contributed by atoms with Crippen LogP contribution in [0.2, 0.25) is 0 Å². The molecule has 0 radical (unpaired) electrons. The molecule has 2 N–H and O–H groups in total. The average molecular weight is 428 g/mol. The molecule has 3 nitrogen and oxygen atoms in total. The van der Waals surface area contributed by atoms with Crippen molar-refractivity contribution in [1.29, 1.82) is 0 Å². The lowest BCUT2D eigenvalue weighted by atomic mass is 9.75. The summed E-state index contributed by atoms with van der Waals surface area (Å²) >= 11 is 0. The molecule has 3 aliphatic rings. The van der Waals surface area contributed by atoms with E-state index in [4.69, 9.17) is 0 Å². The Morgan fingerprint density at radius 1 is 0.633 bits per heavy atom. The van der Waals surface area contributed by atoms with E-state index in [1.54, 1.807) is 0 Å². The van der Waals surface area contributed by atoms with Gasteiger partial charge in [-0.1, -0.05) is 68.7 Å². The van der Waals surface area contributed by atoms with Gasteiger partial charge in [0.25, 0.3) is 0 Å². The minimum atomic E-state index is 0.529. The van der Waals surface area contributed by atoms with E-state index in [9.17, 15) is 0 Å². The van der Waals surface area contributed by atoms with Crippen LogP contribution in [0.1, 0.15) is 107 Å². The van der Waals surface area contributed by atoms with Crippen LogP contribution >= 0.6 is 0 Å². The van der Waals surface area contributed by atoms with E-state index in [2.05, 4.69) is 84.9 Å². The molecular weight excluding hydrogens is 366 g/mol. The van der Waals surface area contributed by atoms with E-state index in [1.165, 1.54) is 84.2 Å². The van der Waals surface area contributed by atoms with Gasteiger partial charge in [0.15, 0.2) is 0 Å². The zero-order chi connectivity index (χ0) is 23.4. The standard InChI is InChI=1S/C10H21N.C5H11N.C4H9N.2C4H10/c1-10(2,3)9-5-7-11(4)8-6-9;1-2-4-6-5-3-1;1-2-4-5-3-1;2*1-4(2)3/h9H,5-8H2,1-4H3;6H,1-5H2;5H,1-4H2;2*4H,1-3H3. The maximum absolute atomic E-state index is 3.28. The van der Waals surface area contributed by atoms with Gasteiger partial charge in [0, 0.05) is 0 Å². The third-order valence-corrected chi connectivity index (χ3v) is 5.11. The Bertz CT molecular complexity index is 287. The summed E-state index contributed by atoms with van der Waals surface area (Å²) in [5, 5.41) is 6.51. The fourth-order valence-corrected chi connectivity index (χ4v) is 3.30. The van der Waals surface area contributed by atoms with Crippen LogP contribution in [0.15, 0.2) is 0 Å².